The van der Waals surface area contributed by atoms with Crippen molar-refractivity contribution in [3.63, 3.8) is 0 Å². The average molecular weight is 262 g/mol. The van der Waals surface area contributed by atoms with Gasteiger partial charge in [-0.25, -0.2) is 10.8 Å². The maximum atomic E-state index is 5.29. The number of hydrazine groups is 1. The number of anilines is 1. The molecule has 0 aliphatic heterocycles. The van der Waals surface area contributed by atoms with Gasteiger partial charge >= 0.3 is 0 Å². The Kier molecular flexibility index (Phi) is 4.38. The van der Waals surface area contributed by atoms with Crippen LogP contribution in [0.1, 0.15) is 5.69 Å². The minimum Gasteiger partial charge on any atom is -0.496 e. The molecule has 0 atom stereocenters. The topological polar surface area (TPSA) is 73.1 Å². The van der Waals surface area contributed by atoms with Crippen LogP contribution in [0.4, 0.5) is 5.82 Å². The summed E-state index contributed by atoms with van der Waals surface area (Å²) in [5.41, 5.74) is 3.34. The zero-order chi connectivity index (χ0) is 12.8. The zero-order valence-electron chi connectivity index (χ0n) is 9.96. The third-order valence-corrected chi connectivity index (χ3v) is 3.39. The van der Waals surface area contributed by atoms with Gasteiger partial charge in [-0.1, -0.05) is 12.1 Å². The second-order valence-corrected chi connectivity index (χ2v) is 4.49. The van der Waals surface area contributed by atoms with Crippen LogP contribution in [-0.4, -0.2) is 17.1 Å². The normalized spacial score (nSPS) is 10.1. The molecule has 94 valence electrons. The van der Waals surface area contributed by atoms with Gasteiger partial charge < -0.3 is 10.2 Å². The van der Waals surface area contributed by atoms with E-state index in [9.17, 15) is 0 Å². The Morgan fingerprint density at radius 3 is 2.78 bits per heavy atom. The van der Waals surface area contributed by atoms with E-state index in [1.807, 2.05) is 24.3 Å². The molecule has 18 heavy (non-hydrogen) atoms. The van der Waals surface area contributed by atoms with Crippen LogP contribution in [0.5, 0.6) is 5.75 Å². The predicted octanol–water partition coefficient (Wildman–Crippen LogP) is 2.06. The van der Waals surface area contributed by atoms with Crippen molar-refractivity contribution < 1.29 is 4.74 Å². The monoisotopic (exact) mass is 262 g/mol. The minimum atomic E-state index is 0.557. The van der Waals surface area contributed by atoms with Gasteiger partial charge in [0.05, 0.1) is 25.2 Å². The van der Waals surface area contributed by atoms with Gasteiger partial charge in [0, 0.05) is 10.6 Å². The van der Waals surface area contributed by atoms with E-state index in [-0.39, 0.29) is 0 Å². The van der Waals surface area contributed by atoms with Crippen LogP contribution in [0.3, 0.4) is 0 Å². The first-order valence-electron chi connectivity index (χ1n) is 5.37. The number of nitrogens with zero attached hydrogens (tertiary/aromatic N) is 2. The lowest BCUT2D eigenvalue weighted by Crippen LogP contribution is -2.08. The lowest BCUT2D eigenvalue weighted by Gasteiger charge is -2.07. The summed E-state index contributed by atoms with van der Waals surface area (Å²) in [6.45, 7) is 0. The molecule has 0 spiro atoms. The first-order valence-corrected chi connectivity index (χ1v) is 6.35. The molecule has 1 heterocycles. The standard InChI is InChI=1S/C12H14N4OS/c1-17-10-4-2-3-5-11(10)18-8-9-6-15-12(16-13)7-14-9/h2-7H,8,13H2,1H3,(H,15,16). The molecular formula is C12H14N4OS. The average Bonchev–Trinajstić information content (AvgIpc) is 2.46. The summed E-state index contributed by atoms with van der Waals surface area (Å²) in [5.74, 6) is 7.39. The van der Waals surface area contributed by atoms with Gasteiger partial charge in [-0.15, -0.1) is 11.8 Å². The van der Waals surface area contributed by atoms with Gasteiger partial charge in [0.1, 0.15) is 5.75 Å². The molecule has 5 nitrogen and oxygen atoms in total. The number of thioether (sulfide) groups is 1. The van der Waals surface area contributed by atoms with Gasteiger partial charge in [0.2, 0.25) is 0 Å². The third kappa shape index (κ3) is 3.12. The number of aromatic nitrogens is 2. The minimum absolute atomic E-state index is 0.557. The number of nitrogens with two attached hydrogens (primary N) is 1. The number of para-hydroxylation sites is 1. The zero-order valence-corrected chi connectivity index (χ0v) is 10.8. The van der Waals surface area contributed by atoms with Crippen molar-refractivity contribution in [2.75, 3.05) is 12.5 Å². The van der Waals surface area contributed by atoms with E-state index >= 15 is 0 Å². The second-order valence-electron chi connectivity index (χ2n) is 3.48. The molecular weight excluding hydrogens is 248 g/mol. The van der Waals surface area contributed by atoms with Crippen LogP contribution < -0.4 is 16.0 Å². The molecule has 0 saturated carbocycles. The van der Waals surface area contributed by atoms with Crippen molar-refractivity contribution in [2.24, 2.45) is 5.84 Å². The Morgan fingerprint density at radius 1 is 1.28 bits per heavy atom. The molecule has 0 fully saturated rings. The molecule has 2 rings (SSSR count). The number of hydrogen-bond acceptors (Lipinski definition) is 6. The highest BCUT2D eigenvalue weighted by Crippen LogP contribution is 2.30. The number of methoxy groups -OCH3 is 1. The van der Waals surface area contributed by atoms with Crippen LogP contribution in [0, 0.1) is 0 Å². The first kappa shape index (κ1) is 12.7. The highest BCUT2D eigenvalue weighted by molar-refractivity contribution is 7.98. The maximum absolute atomic E-state index is 5.29. The maximum Gasteiger partial charge on any atom is 0.158 e. The largest absolute Gasteiger partial charge is 0.496 e. The predicted molar refractivity (Wildman–Crippen MR) is 72.4 cm³/mol. The lowest BCUT2D eigenvalue weighted by atomic mass is 10.3. The number of ether oxygens (including phenoxy) is 1. The summed E-state index contributed by atoms with van der Waals surface area (Å²) in [6.07, 6.45) is 3.32. The third-order valence-electron chi connectivity index (χ3n) is 2.30. The van der Waals surface area contributed by atoms with Crippen molar-refractivity contribution in [2.45, 2.75) is 10.6 Å². The number of nitrogen functional groups attached to an aromatic ring is 1. The Balaban J connectivity index is 2.02. The fraction of sp³-hybridized carbons (Fsp3) is 0.167. The highest BCUT2D eigenvalue weighted by Gasteiger charge is 2.03. The van der Waals surface area contributed by atoms with Gasteiger partial charge in [0.15, 0.2) is 5.82 Å². The fourth-order valence-electron chi connectivity index (χ4n) is 1.39. The van der Waals surface area contributed by atoms with Crippen molar-refractivity contribution in [1.82, 2.24) is 9.97 Å². The smallest absolute Gasteiger partial charge is 0.158 e. The van der Waals surface area contributed by atoms with Crippen LogP contribution in [-0.2, 0) is 5.75 Å². The molecule has 0 aliphatic carbocycles. The lowest BCUT2D eigenvalue weighted by molar-refractivity contribution is 0.405. The van der Waals surface area contributed by atoms with Gasteiger partial charge in [-0.2, -0.15) is 0 Å². The molecule has 1 aromatic heterocycles. The van der Waals surface area contributed by atoms with E-state index in [1.165, 1.54) is 0 Å². The Hall–Kier alpha value is -1.79. The molecule has 2 aromatic rings. The fourth-order valence-corrected chi connectivity index (χ4v) is 2.31. The molecule has 3 N–H and O–H groups in total. The Morgan fingerprint density at radius 2 is 2.11 bits per heavy atom. The van der Waals surface area contributed by atoms with E-state index in [0.29, 0.717) is 5.82 Å². The van der Waals surface area contributed by atoms with E-state index in [2.05, 4.69) is 15.4 Å². The highest BCUT2D eigenvalue weighted by atomic mass is 32.2. The van der Waals surface area contributed by atoms with Crippen molar-refractivity contribution in [3.05, 3.63) is 42.4 Å². The summed E-state index contributed by atoms with van der Waals surface area (Å²) in [4.78, 5) is 9.45. The molecule has 0 aliphatic rings. The number of hydrogen-bond donors (Lipinski definition) is 2. The molecule has 0 bridgehead atoms. The summed E-state index contributed by atoms with van der Waals surface area (Å²) in [7, 11) is 1.67. The summed E-state index contributed by atoms with van der Waals surface area (Å²) in [6, 6.07) is 7.89. The van der Waals surface area contributed by atoms with Crippen LogP contribution in [0.15, 0.2) is 41.6 Å². The Bertz CT molecular complexity index is 504. The molecule has 0 amide bonds. The quantitative estimate of drug-likeness (QED) is 0.488. The van der Waals surface area contributed by atoms with E-state index in [0.717, 1.165) is 22.1 Å². The molecule has 0 radical (unpaired) electrons. The van der Waals surface area contributed by atoms with Crippen molar-refractivity contribution >= 4 is 17.6 Å². The van der Waals surface area contributed by atoms with Crippen LogP contribution in [0.25, 0.3) is 0 Å². The van der Waals surface area contributed by atoms with Gasteiger partial charge in [-0.3, -0.25) is 4.98 Å². The van der Waals surface area contributed by atoms with Gasteiger partial charge in [-0.05, 0) is 12.1 Å². The number of benzene rings is 1. The second kappa shape index (κ2) is 6.23. The van der Waals surface area contributed by atoms with Gasteiger partial charge in [0.25, 0.3) is 0 Å². The van der Waals surface area contributed by atoms with Crippen molar-refractivity contribution in [1.29, 1.82) is 0 Å². The summed E-state index contributed by atoms with van der Waals surface area (Å²) in [5, 5.41) is 0. The van der Waals surface area contributed by atoms with Crippen LogP contribution >= 0.6 is 11.8 Å². The Labute approximate surface area is 110 Å². The molecule has 0 saturated heterocycles. The van der Waals surface area contributed by atoms with E-state index < -0.39 is 0 Å². The van der Waals surface area contributed by atoms with Crippen molar-refractivity contribution in [3.8, 4) is 5.75 Å². The molecule has 6 heteroatoms. The number of nitrogens with one attached hydrogen (secondary N) is 1. The van der Waals surface area contributed by atoms with E-state index in [4.69, 9.17) is 10.6 Å². The molecule has 0 unspecified atom stereocenters. The summed E-state index contributed by atoms with van der Waals surface area (Å²) < 4.78 is 5.29. The number of rotatable bonds is 5. The SMILES string of the molecule is COc1ccccc1SCc1cnc(NN)cn1. The molecule has 1 aromatic carbocycles. The van der Waals surface area contributed by atoms with Crippen LogP contribution in [0.2, 0.25) is 0 Å². The summed E-state index contributed by atoms with van der Waals surface area (Å²) >= 11 is 1.66. The first-order chi connectivity index (χ1) is 8.83. The van der Waals surface area contributed by atoms with E-state index in [1.54, 1.807) is 31.3 Å².